The van der Waals surface area contributed by atoms with E-state index in [2.05, 4.69) is 18.0 Å². The summed E-state index contributed by atoms with van der Waals surface area (Å²) < 4.78 is 0. The highest BCUT2D eigenvalue weighted by Gasteiger charge is 2.16. The number of pyridine rings is 1. The number of aliphatic hydroxyl groups is 1. The number of aliphatic hydroxyl groups excluding tert-OH is 1. The molecule has 2 nitrogen and oxygen atoms in total. The molecule has 0 radical (unpaired) electrons. The van der Waals surface area contributed by atoms with E-state index in [1.54, 1.807) is 0 Å². The number of aryl methyl sites for hydroxylation is 1. The fourth-order valence-corrected chi connectivity index (χ4v) is 3.84. The summed E-state index contributed by atoms with van der Waals surface area (Å²) in [6.07, 6.45) is 10.2. The van der Waals surface area contributed by atoms with Gasteiger partial charge < -0.3 is 5.11 Å². The summed E-state index contributed by atoms with van der Waals surface area (Å²) in [7, 11) is 0. The lowest BCUT2D eigenvalue weighted by Crippen LogP contribution is -2.18. The Kier molecular flexibility index (Phi) is 6.18. The maximum absolute atomic E-state index is 10.1. The maximum Gasteiger partial charge on any atom is 0.0686 e. The Hall–Kier alpha value is -0.540. The zero-order chi connectivity index (χ0) is 13.5. The van der Waals surface area contributed by atoms with Crippen LogP contribution in [0.1, 0.15) is 50.3 Å². The second-order valence-electron chi connectivity index (χ2n) is 5.46. The van der Waals surface area contributed by atoms with Gasteiger partial charge in [-0.05, 0) is 30.9 Å². The van der Waals surface area contributed by atoms with Crippen LogP contribution in [0.4, 0.5) is 0 Å². The van der Waals surface area contributed by atoms with Crippen LogP contribution in [-0.2, 0) is 12.8 Å². The smallest absolute Gasteiger partial charge is 0.0686 e. The number of thioether (sulfide) groups is 1. The van der Waals surface area contributed by atoms with E-state index in [0.29, 0.717) is 6.42 Å². The molecule has 19 heavy (non-hydrogen) atoms. The number of nitrogens with zero attached hydrogens (tertiary/aromatic N) is 1. The molecule has 1 aromatic rings. The SMILES string of the molecule is CCc1ccc(CC(O)CSC2CCCCC2)nc1. The van der Waals surface area contributed by atoms with Crippen LogP contribution >= 0.6 is 11.8 Å². The molecule has 1 unspecified atom stereocenters. The second kappa shape index (κ2) is 7.91. The summed E-state index contributed by atoms with van der Waals surface area (Å²) in [6.45, 7) is 2.13. The monoisotopic (exact) mass is 279 g/mol. The first kappa shape index (κ1) is 14.9. The fourth-order valence-electron chi connectivity index (χ4n) is 2.56. The summed E-state index contributed by atoms with van der Waals surface area (Å²) in [5.74, 6) is 0.849. The molecule has 3 heteroatoms. The number of hydrogen-bond donors (Lipinski definition) is 1. The summed E-state index contributed by atoms with van der Waals surface area (Å²) >= 11 is 1.95. The molecule has 0 spiro atoms. The molecule has 0 bridgehead atoms. The molecule has 0 aromatic carbocycles. The highest BCUT2D eigenvalue weighted by Crippen LogP contribution is 2.28. The average Bonchev–Trinajstić information content (AvgIpc) is 2.47. The van der Waals surface area contributed by atoms with Crippen molar-refractivity contribution in [3.63, 3.8) is 0 Å². The van der Waals surface area contributed by atoms with Gasteiger partial charge in [0.25, 0.3) is 0 Å². The quantitative estimate of drug-likeness (QED) is 0.863. The van der Waals surface area contributed by atoms with E-state index in [4.69, 9.17) is 0 Å². The van der Waals surface area contributed by atoms with Crippen molar-refractivity contribution in [3.8, 4) is 0 Å². The molecule has 1 N–H and O–H groups in total. The van der Waals surface area contributed by atoms with Gasteiger partial charge in [0.1, 0.15) is 0 Å². The van der Waals surface area contributed by atoms with Crippen molar-refractivity contribution in [1.82, 2.24) is 4.98 Å². The largest absolute Gasteiger partial charge is 0.392 e. The molecule has 106 valence electrons. The highest BCUT2D eigenvalue weighted by molar-refractivity contribution is 7.99. The van der Waals surface area contributed by atoms with Crippen LogP contribution in [0.5, 0.6) is 0 Å². The first-order chi connectivity index (χ1) is 9.28. The second-order valence-corrected chi connectivity index (χ2v) is 6.80. The Bertz CT molecular complexity index is 360. The van der Waals surface area contributed by atoms with Crippen molar-refractivity contribution in [2.24, 2.45) is 0 Å². The first-order valence-electron chi connectivity index (χ1n) is 7.51. The van der Waals surface area contributed by atoms with Gasteiger partial charge >= 0.3 is 0 Å². The molecule has 0 saturated heterocycles. The number of rotatable bonds is 6. The van der Waals surface area contributed by atoms with Gasteiger partial charge in [0.15, 0.2) is 0 Å². The van der Waals surface area contributed by atoms with E-state index in [1.165, 1.54) is 37.7 Å². The lowest BCUT2D eigenvalue weighted by molar-refractivity contribution is 0.198. The minimum absolute atomic E-state index is 0.257. The molecule has 2 rings (SSSR count). The predicted molar refractivity (Wildman–Crippen MR) is 82.7 cm³/mol. The Morgan fingerprint density at radius 2 is 2.11 bits per heavy atom. The third kappa shape index (κ3) is 5.15. The van der Waals surface area contributed by atoms with E-state index >= 15 is 0 Å². The summed E-state index contributed by atoms with van der Waals surface area (Å²) in [5, 5.41) is 10.9. The number of aromatic nitrogens is 1. The van der Waals surface area contributed by atoms with Gasteiger partial charge in [0, 0.05) is 29.3 Å². The van der Waals surface area contributed by atoms with Crippen LogP contribution in [0.15, 0.2) is 18.3 Å². The minimum Gasteiger partial charge on any atom is -0.392 e. The van der Waals surface area contributed by atoms with Gasteiger partial charge in [-0.1, -0.05) is 32.3 Å². The van der Waals surface area contributed by atoms with Gasteiger partial charge in [-0.15, -0.1) is 0 Å². The molecule has 1 fully saturated rings. The summed E-state index contributed by atoms with van der Waals surface area (Å²) in [6, 6.07) is 4.16. The van der Waals surface area contributed by atoms with Gasteiger partial charge in [-0.3, -0.25) is 4.98 Å². The van der Waals surface area contributed by atoms with Gasteiger partial charge in [-0.25, -0.2) is 0 Å². The molecule has 1 heterocycles. The van der Waals surface area contributed by atoms with E-state index in [9.17, 15) is 5.11 Å². The van der Waals surface area contributed by atoms with Crippen molar-refractivity contribution < 1.29 is 5.11 Å². The van der Waals surface area contributed by atoms with Crippen LogP contribution in [0.2, 0.25) is 0 Å². The topological polar surface area (TPSA) is 33.1 Å². The highest BCUT2D eigenvalue weighted by atomic mass is 32.2. The van der Waals surface area contributed by atoms with Crippen LogP contribution in [-0.4, -0.2) is 27.2 Å². The molecule has 1 aromatic heterocycles. The van der Waals surface area contributed by atoms with E-state index < -0.39 is 0 Å². The van der Waals surface area contributed by atoms with Crippen LogP contribution in [0.25, 0.3) is 0 Å². The molecule has 1 aliphatic rings. The van der Waals surface area contributed by atoms with E-state index in [0.717, 1.165) is 23.1 Å². The van der Waals surface area contributed by atoms with Crippen molar-refractivity contribution in [3.05, 3.63) is 29.6 Å². The fraction of sp³-hybridized carbons (Fsp3) is 0.688. The standard InChI is InChI=1S/C16H25NOS/c1-2-13-8-9-14(17-11-13)10-15(18)12-19-16-6-4-3-5-7-16/h8-9,11,15-16,18H,2-7,10,12H2,1H3. The van der Waals surface area contributed by atoms with Crippen molar-refractivity contribution in [2.75, 3.05) is 5.75 Å². The van der Waals surface area contributed by atoms with Gasteiger partial charge in [-0.2, -0.15) is 11.8 Å². The molecular weight excluding hydrogens is 254 g/mol. The third-order valence-corrected chi connectivity index (χ3v) is 5.34. The molecule has 0 amide bonds. The van der Waals surface area contributed by atoms with Gasteiger partial charge in [0.05, 0.1) is 6.10 Å². The normalized spacial score (nSPS) is 18.4. The van der Waals surface area contributed by atoms with Crippen molar-refractivity contribution >= 4 is 11.8 Å². The summed E-state index contributed by atoms with van der Waals surface area (Å²) in [4.78, 5) is 4.42. The van der Waals surface area contributed by atoms with E-state index in [1.807, 2.05) is 24.0 Å². The molecule has 0 aliphatic heterocycles. The first-order valence-corrected chi connectivity index (χ1v) is 8.56. The third-order valence-electron chi connectivity index (χ3n) is 3.82. The maximum atomic E-state index is 10.1. The number of hydrogen-bond acceptors (Lipinski definition) is 3. The minimum atomic E-state index is -0.257. The van der Waals surface area contributed by atoms with Gasteiger partial charge in [0.2, 0.25) is 0 Å². The Morgan fingerprint density at radius 1 is 1.32 bits per heavy atom. The van der Waals surface area contributed by atoms with Crippen LogP contribution in [0.3, 0.4) is 0 Å². The molecule has 1 atom stereocenters. The lowest BCUT2D eigenvalue weighted by atomic mass is 10.0. The van der Waals surface area contributed by atoms with Crippen molar-refractivity contribution in [2.45, 2.75) is 63.2 Å². The Labute approximate surface area is 121 Å². The lowest BCUT2D eigenvalue weighted by Gasteiger charge is -2.22. The van der Waals surface area contributed by atoms with Crippen LogP contribution < -0.4 is 0 Å². The zero-order valence-electron chi connectivity index (χ0n) is 11.8. The van der Waals surface area contributed by atoms with Crippen LogP contribution in [0, 0.1) is 0 Å². The zero-order valence-corrected chi connectivity index (χ0v) is 12.7. The molecule has 1 aliphatic carbocycles. The van der Waals surface area contributed by atoms with E-state index in [-0.39, 0.29) is 6.10 Å². The summed E-state index contributed by atoms with van der Waals surface area (Å²) in [5.41, 5.74) is 2.27. The Morgan fingerprint density at radius 3 is 2.74 bits per heavy atom. The van der Waals surface area contributed by atoms with Crippen molar-refractivity contribution in [1.29, 1.82) is 0 Å². The Balaban J connectivity index is 1.71. The molecule has 1 saturated carbocycles. The average molecular weight is 279 g/mol. The predicted octanol–water partition coefficient (Wildman–Crippen LogP) is 3.61. The molecular formula is C16H25NOS.